The number of aliphatic imine (C=N–C) groups is 1. The van der Waals surface area contributed by atoms with Gasteiger partial charge in [-0.15, -0.1) is 0 Å². The number of amides is 1. The predicted octanol–water partition coefficient (Wildman–Crippen LogP) is 4.65. The lowest BCUT2D eigenvalue weighted by Gasteiger charge is -2.28. The summed E-state index contributed by atoms with van der Waals surface area (Å²) in [5.41, 5.74) is -0.463. The highest BCUT2D eigenvalue weighted by molar-refractivity contribution is 5.69. The molecule has 0 aromatic rings. The Morgan fingerprint density at radius 1 is 1.42 bits per heavy atom. The Kier molecular flexibility index (Phi) is 15.0. The Bertz CT molecular complexity index is 376. The van der Waals surface area contributed by atoms with Crippen LogP contribution in [-0.2, 0) is 9.47 Å². The first kappa shape index (κ1) is 24.4. The molecule has 1 N–H and O–H groups in total. The lowest BCUT2D eigenvalue weighted by molar-refractivity contribution is 0.0185. The van der Waals surface area contributed by atoms with Gasteiger partial charge in [-0.25, -0.2) is 9.79 Å². The maximum Gasteiger partial charge on any atom is 0.410 e. The van der Waals surface area contributed by atoms with E-state index in [1.54, 1.807) is 4.90 Å². The third-order valence-corrected chi connectivity index (χ3v) is 2.74. The van der Waals surface area contributed by atoms with Gasteiger partial charge in [-0.2, -0.15) is 0 Å². The quantitative estimate of drug-likeness (QED) is 0.584. The Balaban J connectivity index is 0. The van der Waals surface area contributed by atoms with Crippen molar-refractivity contribution in [2.24, 2.45) is 4.99 Å². The third-order valence-electron chi connectivity index (χ3n) is 2.74. The lowest BCUT2D eigenvalue weighted by atomic mass is 10.2. The van der Waals surface area contributed by atoms with Crippen molar-refractivity contribution in [2.75, 3.05) is 13.2 Å². The summed E-state index contributed by atoms with van der Waals surface area (Å²) in [5.74, 6) is 0. The van der Waals surface area contributed by atoms with E-state index in [0.717, 1.165) is 25.8 Å². The van der Waals surface area contributed by atoms with Gasteiger partial charge in [0.25, 0.3) is 0 Å². The van der Waals surface area contributed by atoms with Crippen LogP contribution in [0.25, 0.3) is 0 Å². The second kappa shape index (κ2) is 14.7. The van der Waals surface area contributed by atoms with Crippen LogP contribution in [0.5, 0.6) is 0 Å². The Hall–Kier alpha value is -1.85. The van der Waals surface area contributed by atoms with Gasteiger partial charge < -0.3 is 19.8 Å². The molecule has 1 aliphatic rings. The van der Waals surface area contributed by atoms with Crippen molar-refractivity contribution in [1.29, 1.82) is 5.41 Å². The molecule has 0 unspecified atom stereocenters. The highest BCUT2D eigenvalue weighted by Crippen LogP contribution is 2.20. The summed E-state index contributed by atoms with van der Waals surface area (Å²) in [6.45, 7) is 16.1. The van der Waals surface area contributed by atoms with Gasteiger partial charge in [0.05, 0.1) is 6.04 Å². The summed E-state index contributed by atoms with van der Waals surface area (Å²) >= 11 is 0. The fourth-order valence-corrected chi connectivity index (χ4v) is 1.81. The number of nitrogens with one attached hydrogen (secondary N) is 1. The average molecular weight is 341 g/mol. The molecular formula is C18H35N3O3. The first-order chi connectivity index (χ1) is 11.4. The molecule has 0 saturated carbocycles. The first-order valence-corrected chi connectivity index (χ1v) is 8.58. The minimum absolute atomic E-state index is 0.0658. The minimum Gasteiger partial charge on any atom is -0.481 e. The van der Waals surface area contributed by atoms with Gasteiger partial charge in [0.1, 0.15) is 12.2 Å². The highest BCUT2D eigenvalue weighted by atomic mass is 16.6. The van der Waals surface area contributed by atoms with Crippen LogP contribution in [0.1, 0.15) is 60.8 Å². The number of hydrogen-bond donors (Lipinski definition) is 1. The highest BCUT2D eigenvalue weighted by Gasteiger charge is 2.32. The van der Waals surface area contributed by atoms with Crippen molar-refractivity contribution in [1.82, 2.24) is 4.90 Å². The van der Waals surface area contributed by atoms with Crippen LogP contribution in [0, 0.1) is 5.41 Å². The molecule has 1 atom stereocenters. The van der Waals surface area contributed by atoms with Gasteiger partial charge in [0, 0.05) is 12.7 Å². The third kappa shape index (κ3) is 12.7. The van der Waals surface area contributed by atoms with E-state index in [1.165, 1.54) is 18.8 Å². The van der Waals surface area contributed by atoms with Crippen molar-refractivity contribution < 1.29 is 14.3 Å². The van der Waals surface area contributed by atoms with Crippen LogP contribution >= 0.6 is 0 Å². The summed E-state index contributed by atoms with van der Waals surface area (Å²) in [6.07, 6.45) is 6.63. The number of hydrogen-bond acceptors (Lipinski definition) is 5. The van der Waals surface area contributed by atoms with E-state index >= 15 is 0 Å². The Morgan fingerprint density at radius 3 is 2.46 bits per heavy atom. The number of rotatable bonds is 5. The number of carbonyl (C=O) groups excluding carboxylic acids is 1. The fourth-order valence-electron chi connectivity index (χ4n) is 1.81. The second-order valence-corrected chi connectivity index (χ2v) is 5.85. The van der Waals surface area contributed by atoms with E-state index in [-0.39, 0.29) is 12.1 Å². The van der Waals surface area contributed by atoms with Gasteiger partial charge in [0.2, 0.25) is 0 Å². The molecule has 1 fully saturated rings. The number of nitrogens with zero attached hydrogens (tertiary/aromatic N) is 2. The lowest BCUT2D eigenvalue weighted by Crippen LogP contribution is -2.41. The van der Waals surface area contributed by atoms with Crippen LogP contribution in [-0.4, -0.2) is 48.4 Å². The van der Waals surface area contributed by atoms with E-state index in [4.69, 9.17) is 14.9 Å². The van der Waals surface area contributed by atoms with E-state index in [0.29, 0.717) is 6.61 Å². The van der Waals surface area contributed by atoms with Crippen molar-refractivity contribution in [3.05, 3.63) is 12.8 Å². The van der Waals surface area contributed by atoms with Gasteiger partial charge in [0.15, 0.2) is 6.40 Å². The zero-order valence-corrected chi connectivity index (χ0v) is 16.2. The fraction of sp³-hybridized carbons (Fsp3) is 0.722. The first-order valence-electron chi connectivity index (χ1n) is 8.58. The van der Waals surface area contributed by atoms with Crippen LogP contribution < -0.4 is 0 Å². The molecule has 6 heteroatoms. The maximum atomic E-state index is 12.0. The number of likely N-dealkylation sites (tertiary alicyclic amines) is 1. The molecule has 24 heavy (non-hydrogen) atoms. The molecule has 0 spiro atoms. The SMILES string of the molecule is C=CN=COC[C@@H]1CCCN1C(=O)OC(C)(C)C.CC.CCC=N. The van der Waals surface area contributed by atoms with Crippen molar-refractivity contribution in [3.8, 4) is 0 Å². The molecule has 6 nitrogen and oxygen atoms in total. The molecule has 0 aromatic carbocycles. The summed E-state index contributed by atoms with van der Waals surface area (Å²) < 4.78 is 10.6. The molecule has 0 radical (unpaired) electrons. The summed E-state index contributed by atoms with van der Waals surface area (Å²) in [5, 5.41) is 6.33. The topological polar surface area (TPSA) is 75.0 Å². The zero-order chi connectivity index (χ0) is 19.0. The number of carbonyl (C=O) groups is 1. The minimum atomic E-state index is -0.463. The van der Waals surface area contributed by atoms with Crippen LogP contribution in [0.15, 0.2) is 17.8 Å². The van der Waals surface area contributed by atoms with Gasteiger partial charge in [-0.3, -0.25) is 0 Å². The molecule has 140 valence electrons. The van der Waals surface area contributed by atoms with Crippen LogP contribution in [0.2, 0.25) is 0 Å². The summed E-state index contributed by atoms with van der Waals surface area (Å²) in [4.78, 5) is 17.4. The van der Waals surface area contributed by atoms with Crippen molar-refractivity contribution >= 4 is 18.7 Å². The largest absolute Gasteiger partial charge is 0.481 e. The summed E-state index contributed by atoms with van der Waals surface area (Å²) in [6, 6.07) is 0.0658. The molecule has 1 saturated heterocycles. The second-order valence-electron chi connectivity index (χ2n) is 5.85. The zero-order valence-electron chi connectivity index (χ0n) is 16.2. The van der Waals surface area contributed by atoms with Gasteiger partial charge >= 0.3 is 6.09 Å². The molecule has 1 amide bonds. The van der Waals surface area contributed by atoms with E-state index in [2.05, 4.69) is 11.6 Å². The molecule has 0 aliphatic carbocycles. The average Bonchev–Trinajstić information content (AvgIpc) is 3.01. The number of ether oxygens (including phenoxy) is 2. The molecule has 1 rings (SSSR count). The monoisotopic (exact) mass is 341 g/mol. The molecule has 0 bridgehead atoms. The van der Waals surface area contributed by atoms with Crippen LogP contribution in [0.3, 0.4) is 0 Å². The summed E-state index contributed by atoms with van der Waals surface area (Å²) in [7, 11) is 0. The normalized spacial score (nSPS) is 16.4. The van der Waals surface area contributed by atoms with E-state index in [9.17, 15) is 4.79 Å². The standard InChI is InChI=1S/C13H22N2O3.C3H7N.C2H6/c1-5-14-10-17-9-11-7-6-8-15(11)12(16)18-13(2,3)4;1-2-3-4;1-2/h5,10-11H,1,6-9H2,2-4H3;3-4H,2H2,1H3;1-2H3/t11-;;/m0../s1. The molecule has 1 aliphatic heterocycles. The molecular weight excluding hydrogens is 306 g/mol. The molecule has 1 heterocycles. The maximum absolute atomic E-state index is 12.0. The van der Waals surface area contributed by atoms with Crippen molar-refractivity contribution in [3.63, 3.8) is 0 Å². The van der Waals surface area contributed by atoms with Crippen LogP contribution in [0.4, 0.5) is 4.79 Å². The Morgan fingerprint density at radius 2 is 2.00 bits per heavy atom. The van der Waals surface area contributed by atoms with E-state index < -0.39 is 5.60 Å². The van der Waals surface area contributed by atoms with Gasteiger partial charge in [-0.05, 0) is 46.2 Å². The Labute approximate surface area is 147 Å². The predicted molar refractivity (Wildman–Crippen MR) is 101 cm³/mol. The van der Waals surface area contributed by atoms with Gasteiger partial charge in [-0.1, -0.05) is 27.4 Å². The molecule has 0 aromatic heterocycles. The van der Waals surface area contributed by atoms with Crippen molar-refractivity contribution in [2.45, 2.75) is 72.4 Å². The van der Waals surface area contributed by atoms with E-state index in [1.807, 2.05) is 41.5 Å². The smallest absolute Gasteiger partial charge is 0.410 e.